The highest BCUT2D eigenvalue weighted by Crippen LogP contribution is 2.35. The van der Waals surface area contributed by atoms with Crippen LogP contribution in [-0.2, 0) is 11.4 Å². The predicted octanol–water partition coefficient (Wildman–Crippen LogP) is 4.80. The van der Waals surface area contributed by atoms with Gasteiger partial charge in [0.2, 0.25) is 0 Å². The summed E-state index contributed by atoms with van der Waals surface area (Å²) in [5.41, 5.74) is 1.23. The molecule has 1 saturated heterocycles. The summed E-state index contributed by atoms with van der Waals surface area (Å²) in [6.07, 6.45) is 3.39. The Morgan fingerprint density at radius 1 is 1.25 bits per heavy atom. The summed E-state index contributed by atoms with van der Waals surface area (Å²) in [6, 6.07) is 11.7. The van der Waals surface area contributed by atoms with Gasteiger partial charge in [-0.3, -0.25) is 9.69 Å². The minimum Gasteiger partial charge on any atom is -0.493 e. The minimum atomic E-state index is -0.320. The molecule has 0 unspecified atom stereocenters. The predicted molar refractivity (Wildman–Crippen MR) is 114 cm³/mol. The minimum absolute atomic E-state index is 0.0859. The van der Waals surface area contributed by atoms with Gasteiger partial charge in [-0.2, -0.15) is 0 Å². The molecule has 0 radical (unpaired) electrons. The Hall–Kier alpha value is -2.64. The molecule has 0 spiro atoms. The fourth-order valence-electron chi connectivity index (χ4n) is 2.60. The van der Waals surface area contributed by atoms with Gasteiger partial charge in [0.1, 0.15) is 16.7 Å². The summed E-state index contributed by atoms with van der Waals surface area (Å²) < 4.78 is 25.4. The average Bonchev–Trinajstić information content (AvgIpc) is 2.95. The Bertz CT molecular complexity index is 958. The van der Waals surface area contributed by atoms with E-state index >= 15 is 0 Å². The van der Waals surface area contributed by atoms with Crippen LogP contribution in [-0.4, -0.2) is 28.8 Å². The van der Waals surface area contributed by atoms with Crippen LogP contribution in [0.1, 0.15) is 11.1 Å². The summed E-state index contributed by atoms with van der Waals surface area (Å²) in [4.78, 5) is 14.5. The van der Waals surface area contributed by atoms with E-state index in [0.29, 0.717) is 32.8 Å². The molecule has 0 aromatic heterocycles. The van der Waals surface area contributed by atoms with Gasteiger partial charge in [-0.25, -0.2) is 4.39 Å². The SMILES string of the molecule is C=CCN1C(=O)/C(=C\c2ccc(OCc3ccccc3F)c(OC)c2)SC1=S. The number of nitrogens with zero attached hydrogens (tertiary/aromatic N) is 1. The number of hydrogen-bond donors (Lipinski definition) is 0. The summed E-state index contributed by atoms with van der Waals surface area (Å²) in [6.45, 7) is 4.11. The first-order valence-corrected chi connectivity index (χ1v) is 9.66. The number of rotatable bonds is 7. The molecule has 2 aromatic rings. The first kappa shape index (κ1) is 20.1. The van der Waals surface area contributed by atoms with Crippen LogP contribution >= 0.6 is 24.0 Å². The third-order valence-corrected chi connectivity index (χ3v) is 5.39. The van der Waals surface area contributed by atoms with Crippen molar-refractivity contribution in [3.05, 3.63) is 77.0 Å². The van der Waals surface area contributed by atoms with Gasteiger partial charge in [-0.15, -0.1) is 6.58 Å². The van der Waals surface area contributed by atoms with E-state index in [0.717, 1.165) is 5.56 Å². The smallest absolute Gasteiger partial charge is 0.266 e. The molecule has 0 atom stereocenters. The topological polar surface area (TPSA) is 38.8 Å². The summed E-state index contributed by atoms with van der Waals surface area (Å²) in [7, 11) is 1.53. The molecule has 0 N–H and O–H groups in total. The first-order chi connectivity index (χ1) is 13.5. The van der Waals surface area contributed by atoms with E-state index in [2.05, 4.69) is 6.58 Å². The van der Waals surface area contributed by atoms with E-state index in [4.69, 9.17) is 21.7 Å². The van der Waals surface area contributed by atoms with Crippen molar-refractivity contribution >= 4 is 40.3 Å². The number of thioether (sulfide) groups is 1. The molecule has 28 heavy (non-hydrogen) atoms. The third-order valence-electron chi connectivity index (χ3n) is 4.01. The largest absolute Gasteiger partial charge is 0.493 e. The van der Waals surface area contributed by atoms with Crippen molar-refractivity contribution in [2.45, 2.75) is 6.61 Å². The fourth-order valence-corrected chi connectivity index (χ4v) is 3.88. The van der Waals surface area contributed by atoms with Crippen molar-refractivity contribution in [2.24, 2.45) is 0 Å². The summed E-state index contributed by atoms with van der Waals surface area (Å²) in [5.74, 6) is 0.516. The van der Waals surface area contributed by atoms with E-state index in [1.54, 1.807) is 48.6 Å². The van der Waals surface area contributed by atoms with Crippen LogP contribution in [0.5, 0.6) is 11.5 Å². The van der Waals surface area contributed by atoms with Crippen LogP contribution in [0, 0.1) is 5.82 Å². The number of carbonyl (C=O) groups excluding carboxylic acids is 1. The highest BCUT2D eigenvalue weighted by Gasteiger charge is 2.31. The molecule has 1 aliphatic rings. The maximum atomic E-state index is 13.7. The Kier molecular flexibility index (Phi) is 6.49. The molecule has 0 saturated carbocycles. The molecule has 7 heteroatoms. The van der Waals surface area contributed by atoms with E-state index in [1.807, 2.05) is 0 Å². The number of benzene rings is 2. The van der Waals surface area contributed by atoms with Gasteiger partial charge in [0.25, 0.3) is 5.91 Å². The van der Waals surface area contributed by atoms with E-state index in [9.17, 15) is 9.18 Å². The first-order valence-electron chi connectivity index (χ1n) is 8.44. The molecular formula is C21H18FNO3S2. The van der Waals surface area contributed by atoms with Crippen LogP contribution in [0.15, 0.2) is 60.0 Å². The number of methoxy groups -OCH3 is 1. The Balaban J connectivity index is 1.78. The number of halogens is 1. The summed E-state index contributed by atoms with van der Waals surface area (Å²) in [5, 5.41) is 0. The maximum Gasteiger partial charge on any atom is 0.266 e. The Morgan fingerprint density at radius 3 is 2.75 bits per heavy atom. The lowest BCUT2D eigenvalue weighted by atomic mass is 10.1. The van der Waals surface area contributed by atoms with Crippen molar-refractivity contribution in [2.75, 3.05) is 13.7 Å². The Morgan fingerprint density at radius 2 is 2.04 bits per heavy atom. The summed E-state index contributed by atoms with van der Waals surface area (Å²) >= 11 is 6.49. The zero-order valence-corrected chi connectivity index (χ0v) is 16.8. The normalized spacial score (nSPS) is 15.2. The number of amides is 1. The van der Waals surface area contributed by atoms with Gasteiger partial charge in [0.05, 0.1) is 12.0 Å². The van der Waals surface area contributed by atoms with Gasteiger partial charge in [0.15, 0.2) is 11.5 Å². The Labute approximate surface area is 172 Å². The third kappa shape index (κ3) is 4.43. The van der Waals surface area contributed by atoms with E-state index in [-0.39, 0.29) is 18.3 Å². The van der Waals surface area contributed by atoms with Gasteiger partial charge in [-0.05, 0) is 29.8 Å². The average molecular weight is 416 g/mol. The van der Waals surface area contributed by atoms with Crippen molar-refractivity contribution in [3.63, 3.8) is 0 Å². The molecule has 2 aromatic carbocycles. The zero-order chi connectivity index (χ0) is 20.1. The van der Waals surface area contributed by atoms with Crippen LogP contribution in [0.4, 0.5) is 4.39 Å². The second-order valence-electron chi connectivity index (χ2n) is 5.87. The lowest BCUT2D eigenvalue weighted by Gasteiger charge is -2.12. The number of hydrogen-bond acceptors (Lipinski definition) is 5. The molecule has 4 nitrogen and oxygen atoms in total. The van der Waals surface area contributed by atoms with Gasteiger partial charge in [-0.1, -0.05) is 54.3 Å². The highest BCUT2D eigenvalue weighted by molar-refractivity contribution is 8.26. The van der Waals surface area contributed by atoms with Gasteiger partial charge >= 0.3 is 0 Å². The maximum absolute atomic E-state index is 13.7. The van der Waals surface area contributed by atoms with Crippen molar-refractivity contribution in [1.82, 2.24) is 4.90 Å². The van der Waals surface area contributed by atoms with Crippen molar-refractivity contribution in [3.8, 4) is 11.5 Å². The van der Waals surface area contributed by atoms with E-state index in [1.165, 1.54) is 29.8 Å². The molecule has 1 heterocycles. The fraction of sp³-hybridized carbons (Fsp3) is 0.143. The quantitative estimate of drug-likeness (QED) is 0.369. The standard InChI is InChI=1S/C21H18FNO3S2/c1-3-10-23-20(24)19(28-21(23)27)12-14-8-9-17(18(11-14)25-2)26-13-15-6-4-5-7-16(15)22/h3-9,11-12H,1,10,13H2,2H3/b19-12+. The van der Waals surface area contributed by atoms with Crippen LogP contribution in [0.25, 0.3) is 6.08 Å². The molecule has 3 rings (SSSR count). The number of ether oxygens (including phenoxy) is 2. The molecule has 1 fully saturated rings. The lowest BCUT2D eigenvalue weighted by molar-refractivity contribution is -0.121. The van der Waals surface area contributed by atoms with Crippen LogP contribution < -0.4 is 9.47 Å². The molecule has 144 valence electrons. The molecule has 1 aliphatic heterocycles. The molecule has 1 amide bonds. The van der Waals surface area contributed by atoms with Gasteiger partial charge < -0.3 is 9.47 Å². The zero-order valence-electron chi connectivity index (χ0n) is 15.2. The monoisotopic (exact) mass is 415 g/mol. The number of carbonyl (C=O) groups is 1. The highest BCUT2D eigenvalue weighted by atomic mass is 32.2. The second kappa shape index (κ2) is 9.03. The second-order valence-corrected chi connectivity index (χ2v) is 7.55. The van der Waals surface area contributed by atoms with Crippen molar-refractivity contribution < 1.29 is 18.7 Å². The van der Waals surface area contributed by atoms with E-state index < -0.39 is 0 Å². The lowest BCUT2D eigenvalue weighted by Crippen LogP contribution is -2.27. The van der Waals surface area contributed by atoms with Crippen molar-refractivity contribution in [1.29, 1.82) is 0 Å². The number of thiocarbonyl (C=S) groups is 1. The molecular weight excluding hydrogens is 397 g/mol. The van der Waals surface area contributed by atoms with Crippen LogP contribution in [0.3, 0.4) is 0 Å². The molecule has 0 bridgehead atoms. The van der Waals surface area contributed by atoms with Gasteiger partial charge in [0, 0.05) is 12.1 Å². The van der Waals surface area contributed by atoms with Crippen LogP contribution in [0.2, 0.25) is 0 Å². The molecule has 0 aliphatic carbocycles.